The maximum Gasteiger partial charge on any atom is 0.265 e. The summed E-state index contributed by atoms with van der Waals surface area (Å²) in [4.78, 5) is 29.8. The Morgan fingerprint density at radius 3 is 2.42 bits per heavy atom. The van der Waals surface area contributed by atoms with Crippen LogP contribution in [-0.4, -0.2) is 11.8 Å². The van der Waals surface area contributed by atoms with Gasteiger partial charge >= 0.3 is 0 Å². The average Bonchev–Trinajstić information content (AvgIpc) is 2.96. The number of anilines is 2. The van der Waals surface area contributed by atoms with Gasteiger partial charge in [-0.05, 0) is 77.7 Å². The fourth-order valence-corrected chi connectivity index (χ4v) is 5.32. The molecule has 0 saturated heterocycles. The van der Waals surface area contributed by atoms with Crippen LogP contribution in [0.25, 0.3) is 6.08 Å². The third kappa shape index (κ3) is 5.54. The molecule has 5 nitrogen and oxygen atoms in total. The molecule has 1 aliphatic rings. The molecule has 0 unspecified atom stereocenters. The van der Waals surface area contributed by atoms with Crippen molar-refractivity contribution in [3.05, 3.63) is 130 Å². The van der Waals surface area contributed by atoms with Gasteiger partial charge in [0.05, 0.1) is 28.8 Å². The maximum atomic E-state index is 13.6. The van der Waals surface area contributed by atoms with Crippen molar-refractivity contribution < 1.29 is 9.59 Å². The van der Waals surface area contributed by atoms with Gasteiger partial charge in [0.2, 0.25) is 0 Å². The molecule has 4 aromatic rings. The van der Waals surface area contributed by atoms with Crippen molar-refractivity contribution >= 4 is 41.0 Å². The zero-order chi connectivity index (χ0) is 26.5. The number of carbonyl (C=O) groups is 2. The molecule has 0 radical (unpaired) electrons. The normalized spacial score (nSPS) is 13.6. The minimum atomic E-state index is -0.244. The Morgan fingerprint density at radius 2 is 1.68 bits per heavy atom. The van der Waals surface area contributed by atoms with Crippen molar-refractivity contribution in [2.45, 2.75) is 24.8 Å². The van der Waals surface area contributed by atoms with Crippen LogP contribution in [0.15, 0.2) is 107 Å². The molecule has 0 saturated carbocycles. The lowest BCUT2D eigenvalue weighted by atomic mass is 10.1. The summed E-state index contributed by atoms with van der Waals surface area (Å²) >= 11 is 1.46. The number of para-hydroxylation sites is 1. The summed E-state index contributed by atoms with van der Waals surface area (Å²) in [7, 11) is 0. The first-order valence-corrected chi connectivity index (χ1v) is 13.2. The number of fused-ring (bicyclic) bond motifs is 1. The number of nitriles is 1. The second-order valence-corrected chi connectivity index (χ2v) is 9.99. The highest BCUT2D eigenvalue weighted by Crippen LogP contribution is 2.42. The van der Waals surface area contributed by atoms with Crippen molar-refractivity contribution in [1.29, 1.82) is 5.26 Å². The summed E-state index contributed by atoms with van der Waals surface area (Å²) in [6, 6.07) is 32.2. The first-order chi connectivity index (χ1) is 18.5. The zero-order valence-corrected chi connectivity index (χ0v) is 21.7. The molecular formula is C32H25N3O2S. The average molecular weight is 516 g/mol. The van der Waals surface area contributed by atoms with Crippen LogP contribution in [0.5, 0.6) is 0 Å². The van der Waals surface area contributed by atoms with E-state index >= 15 is 0 Å². The predicted molar refractivity (Wildman–Crippen MR) is 153 cm³/mol. The Labute approximate surface area is 226 Å². The fraction of sp³-hybridized carbons (Fsp3) is 0.0938. The lowest BCUT2D eigenvalue weighted by Gasteiger charge is -2.30. The number of hydrogen-bond acceptors (Lipinski definition) is 4. The van der Waals surface area contributed by atoms with E-state index in [2.05, 4.69) is 36.5 Å². The van der Waals surface area contributed by atoms with E-state index in [4.69, 9.17) is 5.26 Å². The number of nitrogens with zero attached hydrogens (tertiary/aromatic N) is 2. The molecule has 38 heavy (non-hydrogen) atoms. The quantitative estimate of drug-likeness (QED) is 0.279. The summed E-state index contributed by atoms with van der Waals surface area (Å²) in [5.74, 6) is -0.287. The maximum absolute atomic E-state index is 13.6. The highest BCUT2D eigenvalue weighted by molar-refractivity contribution is 8.04. The molecule has 1 N–H and O–H groups in total. The molecule has 1 aliphatic heterocycles. The van der Waals surface area contributed by atoms with Crippen molar-refractivity contribution in [1.82, 2.24) is 0 Å². The molecular weight excluding hydrogens is 490 g/mol. The van der Waals surface area contributed by atoms with Crippen molar-refractivity contribution in [2.24, 2.45) is 0 Å². The van der Waals surface area contributed by atoms with Crippen LogP contribution in [0.3, 0.4) is 0 Å². The van der Waals surface area contributed by atoms with Gasteiger partial charge in [-0.25, -0.2) is 0 Å². The Bertz CT molecular complexity index is 1570. The highest BCUT2D eigenvalue weighted by Gasteiger charge is 2.29. The molecule has 0 bridgehead atoms. The zero-order valence-electron chi connectivity index (χ0n) is 20.8. The van der Waals surface area contributed by atoms with E-state index in [1.54, 1.807) is 36.4 Å². The Balaban J connectivity index is 1.36. The molecule has 2 amide bonds. The summed E-state index contributed by atoms with van der Waals surface area (Å²) < 4.78 is 0. The Kier molecular flexibility index (Phi) is 7.39. The SMILES string of the molecule is CCc1cccc(CN2C(=O)/C(=C/c3ccc(C(=O)Nc4ccc(C#N)cc4)cc3)Sc3ccccc32)c1. The Hall–Kier alpha value is -4.60. The smallest absolute Gasteiger partial charge is 0.265 e. The van der Waals surface area contributed by atoms with Crippen LogP contribution >= 0.6 is 11.8 Å². The van der Waals surface area contributed by atoms with E-state index in [1.165, 1.54) is 17.3 Å². The van der Waals surface area contributed by atoms with Gasteiger partial charge in [-0.1, -0.05) is 67.2 Å². The van der Waals surface area contributed by atoms with E-state index in [0.717, 1.165) is 28.1 Å². The van der Waals surface area contributed by atoms with Crippen LogP contribution in [0.2, 0.25) is 0 Å². The van der Waals surface area contributed by atoms with Gasteiger partial charge in [0.25, 0.3) is 11.8 Å². The molecule has 0 aromatic heterocycles. The standard InChI is InChI=1S/C32H25N3O2S/c1-2-22-6-5-7-25(18-22)21-35-28-8-3-4-9-29(28)38-30(32(35)37)19-23-10-14-26(15-11-23)31(36)34-27-16-12-24(20-33)13-17-27/h3-19H,2,21H2,1H3,(H,34,36)/b30-19-. The molecule has 6 heteroatoms. The second-order valence-electron chi connectivity index (χ2n) is 8.91. The van der Waals surface area contributed by atoms with Gasteiger partial charge in [0, 0.05) is 16.1 Å². The van der Waals surface area contributed by atoms with Gasteiger partial charge in [-0.2, -0.15) is 5.26 Å². The van der Waals surface area contributed by atoms with Crippen molar-refractivity contribution in [3.8, 4) is 6.07 Å². The molecule has 5 rings (SSSR count). The van der Waals surface area contributed by atoms with Crippen LogP contribution in [-0.2, 0) is 17.8 Å². The minimum absolute atomic E-state index is 0.0433. The predicted octanol–water partition coefficient (Wildman–Crippen LogP) is 7.05. The monoisotopic (exact) mass is 515 g/mol. The van der Waals surface area contributed by atoms with Gasteiger partial charge in [-0.3, -0.25) is 9.59 Å². The van der Waals surface area contributed by atoms with E-state index < -0.39 is 0 Å². The lowest BCUT2D eigenvalue weighted by Crippen LogP contribution is -2.33. The number of amides is 2. The number of benzene rings is 4. The summed E-state index contributed by atoms with van der Waals surface area (Å²) in [6.07, 6.45) is 2.82. The molecule has 0 aliphatic carbocycles. The van der Waals surface area contributed by atoms with Crippen LogP contribution in [0, 0.1) is 11.3 Å². The Morgan fingerprint density at radius 1 is 0.947 bits per heavy atom. The number of nitrogens with one attached hydrogen (secondary N) is 1. The van der Waals surface area contributed by atoms with Crippen LogP contribution in [0.4, 0.5) is 11.4 Å². The number of aryl methyl sites for hydroxylation is 1. The number of thioether (sulfide) groups is 1. The summed E-state index contributed by atoms with van der Waals surface area (Å²) in [6.45, 7) is 2.62. The van der Waals surface area contributed by atoms with E-state index in [1.807, 2.05) is 53.4 Å². The first kappa shape index (κ1) is 25.1. The largest absolute Gasteiger partial charge is 0.322 e. The minimum Gasteiger partial charge on any atom is -0.322 e. The van der Waals surface area contributed by atoms with Crippen molar-refractivity contribution in [3.63, 3.8) is 0 Å². The third-order valence-electron chi connectivity index (χ3n) is 6.31. The van der Waals surface area contributed by atoms with Gasteiger partial charge in [-0.15, -0.1) is 0 Å². The molecule has 0 spiro atoms. The van der Waals surface area contributed by atoms with Crippen molar-refractivity contribution in [2.75, 3.05) is 10.2 Å². The molecule has 0 fully saturated rings. The van der Waals surface area contributed by atoms with Gasteiger partial charge in [0.15, 0.2) is 0 Å². The van der Waals surface area contributed by atoms with E-state index in [0.29, 0.717) is 28.3 Å². The third-order valence-corrected chi connectivity index (χ3v) is 7.39. The van der Waals surface area contributed by atoms with Gasteiger partial charge in [0.1, 0.15) is 0 Å². The van der Waals surface area contributed by atoms with Crippen LogP contribution < -0.4 is 10.2 Å². The molecule has 0 atom stereocenters. The topological polar surface area (TPSA) is 73.2 Å². The molecule has 1 heterocycles. The summed E-state index contributed by atoms with van der Waals surface area (Å²) in [5.41, 5.74) is 5.74. The van der Waals surface area contributed by atoms with Gasteiger partial charge < -0.3 is 10.2 Å². The fourth-order valence-electron chi connectivity index (χ4n) is 4.26. The van der Waals surface area contributed by atoms with E-state index in [9.17, 15) is 9.59 Å². The number of rotatable bonds is 6. The lowest BCUT2D eigenvalue weighted by molar-refractivity contribution is -0.114. The summed E-state index contributed by atoms with van der Waals surface area (Å²) in [5, 5.41) is 11.8. The molecule has 186 valence electrons. The van der Waals surface area contributed by atoms with Crippen LogP contribution in [0.1, 0.15) is 39.5 Å². The van der Waals surface area contributed by atoms with E-state index in [-0.39, 0.29) is 11.8 Å². The highest BCUT2D eigenvalue weighted by atomic mass is 32.2. The first-order valence-electron chi connectivity index (χ1n) is 12.3. The number of hydrogen-bond donors (Lipinski definition) is 1. The number of carbonyl (C=O) groups excluding carboxylic acids is 2. The second kappa shape index (κ2) is 11.2. The molecule has 4 aromatic carbocycles.